The number of benzene rings is 1. The monoisotopic (exact) mass is 247 g/mol. The number of carbonyl (C=O) groups excluding carboxylic acids is 1. The Morgan fingerprint density at radius 2 is 2.22 bits per heavy atom. The summed E-state index contributed by atoms with van der Waals surface area (Å²) in [5.74, 6) is -0.301. The molecule has 0 aliphatic carbocycles. The van der Waals surface area contributed by atoms with Gasteiger partial charge in [0.25, 0.3) is 0 Å². The highest BCUT2D eigenvalue weighted by molar-refractivity contribution is 5.86. The highest BCUT2D eigenvalue weighted by Gasteiger charge is 2.14. The first kappa shape index (κ1) is 12.6. The van der Waals surface area contributed by atoms with E-state index in [0.717, 1.165) is 22.0 Å². The van der Waals surface area contributed by atoms with Gasteiger partial charge in [0.05, 0.1) is 13.2 Å². The number of carbonyl (C=O) groups is 1. The van der Waals surface area contributed by atoms with Crippen molar-refractivity contribution in [2.45, 2.75) is 26.5 Å². The fourth-order valence-corrected chi connectivity index (χ4v) is 2.11. The number of hydrogen-bond donors (Lipinski definition) is 1. The van der Waals surface area contributed by atoms with E-state index in [2.05, 4.69) is 4.74 Å². The fourth-order valence-electron chi connectivity index (χ4n) is 2.11. The smallest absolute Gasteiger partial charge is 0.325 e. The Morgan fingerprint density at radius 3 is 2.83 bits per heavy atom. The summed E-state index contributed by atoms with van der Waals surface area (Å²) in [5, 5.41) is 10.8. The van der Waals surface area contributed by atoms with Crippen LogP contribution in [0.5, 0.6) is 0 Å². The van der Waals surface area contributed by atoms with E-state index in [1.54, 1.807) is 6.92 Å². The summed E-state index contributed by atoms with van der Waals surface area (Å²) < 4.78 is 6.48. The zero-order valence-electron chi connectivity index (χ0n) is 10.8. The molecule has 2 rings (SSSR count). The molecule has 1 N–H and O–H groups in total. The second kappa shape index (κ2) is 4.82. The third-order valence-electron chi connectivity index (χ3n) is 3.04. The fraction of sp³-hybridized carbons (Fsp3) is 0.357. The van der Waals surface area contributed by atoms with E-state index in [1.165, 1.54) is 7.11 Å². The Morgan fingerprint density at radius 1 is 1.50 bits per heavy atom. The first-order valence-corrected chi connectivity index (χ1v) is 5.87. The maximum Gasteiger partial charge on any atom is 0.325 e. The number of esters is 1. The van der Waals surface area contributed by atoms with Crippen LogP contribution in [0.2, 0.25) is 0 Å². The quantitative estimate of drug-likeness (QED) is 0.846. The molecule has 4 nitrogen and oxygen atoms in total. The van der Waals surface area contributed by atoms with Gasteiger partial charge in [-0.3, -0.25) is 4.79 Å². The number of rotatable bonds is 3. The first-order valence-electron chi connectivity index (χ1n) is 5.87. The summed E-state index contributed by atoms with van der Waals surface area (Å²) in [6, 6.07) is 5.96. The number of aliphatic hydroxyl groups is 1. The van der Waals surface area contributed by atoms with E-state index < -0.39 is 6.10 Å². The summed E-state index contributed by atoms with van der Waals surface area (Å²) in [4.78, 5) is 11.4. The van der Waals surface area contributed by atoms with Crippen molar-refractivity contribution >= 4 is 16.9 Å². The molecule has 0 saturated carbocycles. The minimum atomic E-state index is -0.562. The molecule has 1 atom stereocenters. The zero-order valence-corrected chi connectivity index (χ0v) is 10.8. The number of aliphatic hydroxyl groups excluding tert-OH is 1. The number of aryl methyl sites for hydroxylation is 1. The Kier molecular flexibility index (Phi) is 3.39. The van der Waals surface area contributed by atoms with Gasteiger partial charge < -0.3 is 14.4 Å². The van der Waals surface area contributed by atoms with E-state index >= 15 is 0 Å². The number of methoxy groups -OCH3 is 1. The van der Waals surface area contributed by atoms with Gasteiger partial charge in [-0.2, -0.15) is 0 Å². The summed E-state index contributed by atoms with van der Waals surface area (Å²) >= 11 is 0. The lowest BCUT2D eigenvalue weighted by molar-refractivity contribution is -0.141. The van der Waals surface area contributed by atoms with Gasteiger partial charge in [0, 0.05) is 22.7 Å². The van der Waals surface area contributed by atoms with E-state index in [1.807, 2.05) is 35.9 Å². The van der Waals surface area contributed by atoms with Gasteiger partial charge in [0.1, 0.15) is 6.54 Å². The van der Waals surface area contributed by atoms with Crippen molar-refractivity contribution in [3.8, 4) is 0 Å². The Labute approximate surface area is 106 Å². The molecule has 0 spiro atoms. The second-order valence-corrected chi connectivity index (χ2v) is 4.49. The van der Waals surface area contributed by atoms with Crippen LogP contribution in [0.3, 0.4) is 0 Å². The van der Waals surface area contributed by atoms with Crippen molar-refractivity contribution in [1.29, 1.82) is 0 Å². The second-order valence-electron chi connectivity index (χ2n) is 4.49. The van der Waals surface area contributed by atoms with Crippen LogP contribution in [0.4, 0.5) is 0 Å². The highest BCUT2D eigenvalue weighted by Crippen LogP contribution is 2.27. The molecule has 0 aliphatic rings. The summed E-state index contributed by atoms with van der Waals surface area (Å²) in [6.07, 6.45) is 1.25. The number of nitrogens with zero attached hydrogens (tertiary/aromatic N) is 1. The van der Waals surface area contributed by atoms with Crippen LogP contribution in [0.15, 0.2) is 24.4 Å². The van der Waals surface area contributed by atoms with Crippen molar-refractivity contribution < 1.29 is 14.6 Å². The zero-order chi connectivity index (χ0) is 13.3. The maximum atomic E-state index is 11.4. The molecule has 0 radical (unpaired) electrons. The lowest BCUT2D eigenvalue weighted by atomic mass is 10.1. The third kappa shape index (κ3) is 2.24. The van der Waals surface area contributed by atoms with Crippen molar-refractivity contribution in [3.63, 3.8) is 0 Å². The number of fused-ring (bicyclic) bond motifs is 1. The van der Waals surface area contributed by atoms with Gasteiger partial charge in [-0.05, 0) is 26.0 Å². The molecule has 1 heterocycles. The predicted molar refractivity (Wildman–Crippen MR) is 69.3 cm³/mol. The number of hydrogen-bond acceptors (Lipinski definition) is 3. The molecule has 96 valence electrons. The summed E-state index contributed by atoms with van der Waals surface area (Å²) in [6.45, 7) is 3.88. The first-order chi connectivity index (χ1) is 8.52. The summed E-state index contributed by atoms with van der Waals surface area (Å²) in [7, 11) is 1.37. The van der Waals surface area contributed by atoms with Crippen LogP contribution in [0, 0.1) is 6.92 Å². The minimum absolute atomic E-state index is 0.156. The predicted octanol–water partition coefficient (Wildman–Crippen LogP) is 2.18. The lowest BCUT2D eigenvalue weighted by Gasteiger charge is -2.03. The minimum Gasteiger partial charge on any atom is -0.468 e. The molecule has 0 saturated heterocycles. The van der Waals surface area contributed by atoms with Crippen molar-refractivity contribution in [2.75, 3.05) is 7.11 Å². The van der Waals surface area contributed by atoms with Crippen molar-refractivity contribution in [3.05, 3.63) is 35.5 Å². The van der Waals surface area contributed by atoms with Gasteiger partial charge in [0.2, 0.25) is 0 Å². The number of ether oxygens (including phenoxy) is 1. The molecule has 18 heavy (non-hydrogen) atoms. The third-order valence-corrected chi connectivity index (χ3v) is 3.04. The average molecular weight is 247 g/mol. The SMILES string of the molecule is COC(=O)Cn1cc(C(C)O)c2cc(C)ccc21. The van der Waals surface area contributed by atoms with E-state index in [-0.39, 0.29) is 12.5 Å². The van der Waals surface area contributed by atoms with E-state index in [9.17, 15) is 9.90 Å². The molecule has 0 bridgehead atoms. The molecule has 1 aromatic carbocycles. The Hall–Kier alpha value is -1.81. The molecule has 0 fully saturated rings. The highest BCUT2D eigenvalue weighted by atomic mass is 16.5. The lowest BCUT2D eigenvalue weighted by Crippen LogP contribution is -2.10. The largest absolute Gasteiger partial charge is 0.468 e. The molecule has 1 aromatic heterocycles. The van der Waals surface area contributed by atoms with Crippen LogP contribution in [0.1, 0.15) is 24.2 Å². The molecule has 4 heteroatoms. The van der Waals surface area contributed by atoms with Crippen LogP contribution < -0.4 is 0 Å². The summed E-state index contributed by atoms with van der Waals surface area (Å²) in [5.41, 5.74) is 2.89. The molecule has 0 amide bonds. The van der Waals surface area contributed by atoms with E-state index in [4.69, 9.17) is 0 Å². The maximum absolute atomic E-state index is 11.4. The normalized spacial score (nSPS) is 12.7. The van der Waals surface area contributed by atoms with Gasteiger partial charge in [-0.1, -0.05) is 11.6 Å². The molecule has 0 aliphatic heterocycles. The van der Waals surface area contributed by atoms with Gasteiger partial charge in [0.15, 0.2) is 0 Å². The van der Waals surface area contributed by atoms with Crippen molar-refractivity contribution in [1.82, 2.24) is 4.57 Å². The van der Waals surface area contributed by atoms with Crippen LogP contribution in [-0.2, 0) is 16.1 Å². The Bertz CT molecular complexity index is 584. The Balaban J connectivity index is 2.57. The number of aromatic nitrogens is 1. The average Bonchev–Trinajstić information content (AvgIpc) is 2.67. The van der Waals surface area contributed by atoms with Gasteiger partial charge >= 0.3 is 5.97 Å². The standard InChI is InChI=1S/C14H17NO3/c1-9-4-5-13-11(6-9)12(10(2)16)7-15(13)8-14(17)18-3/h4-7,10,16H,8H2,1-3H3. The molecular formula is C14H17NO3. The van der Waals surface area contributed by atoms with Crippen LogP contribution in [-0.4, -0.2) is 22.8 Å². The van der Waals surface area contributed by atoms with Crippen LogP contribution >= 0.6 is 0 Å². The molecule has 2 aromatic rings. The topological polar surface area (TPSA) is 51.5 Å². The van der Waals surface area contributed by atoms with E-state index in [0.29, 0.717) is 0 Å². The van der Waals surface area contributed by atoms with Crippen LogP contribution in [0.25, 0.3) is 10.9 Å². The van der Waals surface area contributed by atoms with Gasteiger partial charge in [-0.15, -0.1) is 0 Å². The molecule has 1 unspecified atom stereocenters. The van der Waals surface area contributed by atoms with Crippen molar-refractivity contribution in [2.24, 2.45) is 0 Å². The molecular weight excluding hydrogens is 230 g/mol. The van der Waals surface area contributed by atoms with Gasteiger partial charge in [-0.25, -0.2) is 0 Å².